The van der Waals surface area contributed by atoms with Gasteiger partial charge in [0.25, 0.3) is 0 Å². The van der Waals surface area contributed by atoms with Gasteiger partial charge in [-0.1, -0.05) is 18.2 Å². The van der Waals surface area contributed by atoms with Gasteiger partial charge in [0.1, 0.15) is 11.6 Å². The van der Waals surface area contributed by atoms with Crippen LogP contribution in [0.1, 0.15) is 17.5 Å². The second-order valence-corrected chi connectivity index (χ2v) is 9.06. The summed E-state index contributed by atoms with van der Waals surface area (Å²) in [7, 11) is 0. The molecule has 0 saturated carbocycles. The molecule has 36 heavy (non-hydrogen) atoms. The smallest absolute Gasteiger partial charge is 0.406 e. The number of hydrogen-bond acceptors (Lipinski definition) is 6. The zero-order valence-electron chi connectivity index (χ0n) is 18.9. The van der Waals surface area contributed by atoms with Crippen LogP contribution in [0.15, 0.2) is 65.4 Å². The molecule has 0 fully saturated rings. The van der Waals surface area contributed by atoms with Crippen LogP contribution in [0.4, 0.5) is 30.6 Å². The average Bonchev–Trinajstić information content (AvgIpc) is 3.27. The highest BCUT2D eigenvalue weighted by molar-refractivity contribution is 9.10. The molecule has 0 atom stereocenters. The number of nitrogens with one attached hydrogen (secondary N) is 4. The first-order valence-electron chi connectivity index (χ1n) is 11.2. The molecule has 11 heteroatoms. The lowest BCUT2D eigenvalue weighted by molar-refractivity contribution is -0.274. The summed E-state index contributed by atoms with van der Waals surface area (Å²) in [6.07, 6.45) is 2.10. The lowest BCUT2D eigenvalue weighted by Gasteiger charge is -2.14. The number of halogens is 4. The van der Waals surface area contributed by atoms with Gasteiger partial charge in [0.2, 0.25) is 5.95 Å². The number of alkyl halides is 3. The topological polar surface area (TPSA) is 86.9 Å². The number of benzene rings is 2. The Morgan fingerprint density at radius 1 is 1.14 bits per heavy atom. The van der Waals surface area contributed by atoms with E-state index in [1.165, 1.54) is 29.3 Å². The van der Waals surface area contributed by atoms with Gasteiger partial charge >= 0.3 is 6.36 Å². The van der Waals surface area contributed by atoms with Crippen molar-refractivity contribution >= 4 is 49.9 Å². The quantitative estimate of drug-likeness (QED) is 0.211. The van der Waals surface area contributed by atoms with Gasteiger partial charge in [0.15, 0.2) is 0 Å². The van der Waals surface area contributed by atoms with E-state index in [9.17, 15) is 13.2 Å². The van der Waals surface area contributed by atoms with E-state index in [1.807, 2.05) is 18.3 Å². The molecule has 0 amide bonds. The predicted octanol–water partition coefficient (Wildman–Crippen LogP) is 6.35. The minimum Gasteiger partial charge on any atom is -0.406 e. The maximum absolute atomic E-state index is 12.5. The van der Waals surface area contributed by atoms with Crippen LogP contribution in [0.2, 0.25) is 0 Å². The Morgan fingerprint density at radius 3 is 2.83 bits per heavy atom. The Balaban J connectivity index is 1.31. The van der Waals surface area contributed by atoms with E-state index in [1.54, 1.807) is 12.3 Å². The molecule has 0 radical (unpaired) electrons. The highest BCUT2D eigenvalue weighted by atomic mass is 79.9. The summed E-state index contributed by atoms with van der Waals surface area (Å²) in [6, 6.07) is 11.8. The third kappa shape index (κ3) is 5.80. The summed E-state index contributed by atoms with van der Waals surface area (Å²) in [5.41, 5.74) is 4.99. The zero-order valence-corrected chi connectivity index (χ0v) is 20.5. The summed E-state index contributed by atoms with van der Waals surface area (Å²) in [5, 5.41) is 10.8. The number of aromatic nitrogens is 3. The third-order valence-electron chi connectivity index (χ3n) is 5.68. The molecule has 0 bridgehead atoms. The van der Waals surface area contributed by atoms with E-state index < -0.39 is 6.36 Å². The Morgan fingerprint density at radius 2 is 2.03 bits per heavy atom. The maximum atomic E-state index is 12.5. The molecule has 7 nitrogen and oxygen atoms in total. The van der Waals surface area contributed by atoms with Crippen LogP contribution >= 0.6 is 15.9 Å². The van der Waals surface area contributed by atoms with Gasteiger partial charge in [-0.05, 0) is 70.4 Å². The molecule has 0 spiro atoms. The Hall–Kier alpha value is -3.57. The van der Waals surface area contributed by atoms with E-state index in [4.69, 9.17) is 0 Å². The third-order valence-corrected chi connectivity index (χ3v) is 6.26. The van der Waals surface area contributed by atoms with Crippen molar-refractivity contribution < 1.29 is 17.9 Å². The standard InChI is InChI=1S/C25H22BrF3N6O/c26-21-14-33-24(35-23(21)32-12-15-2-1-3-18(10-15)36-25(27,28)29)34-17-4-5-22-19(11-17)20(13-31-22)16-6-8-30-9-7-16/h1-6,10-11,13-14,30-31H,7-9,12H2,(H2,32,33,34,35). The largest absolute Gasteiger partial charge is 0.573 e. The van der Waals surface area contributed by atoms with Crippen LogP contribution < -0.4 is 20.7 Å². The van der Waals surface area contributed by atoms with Crippen LogP contribution in [-0.2, 0) is 6.54 Å². The van der Waals surface area contributed by atoms with Crippen LogP contribution in [0.3, 0.4) is 0 Å². The van der Waals surface area contributed by atoms with Crippen LogP contribution in [-0.4, -0.2) is 34.4 Å². The maximum Gasteiger partial charge on any atom is 0.573 e. The van der Waals surface area contributed by atoms with Gasteiger partial charge in [-0.25, -0.2) is 4.98 Å². The summed E-state index contributed by atoms with van der Waals surface area (Å²) < 4.78 is 42.1. The number of ether oxygens (including phenoxy) is 1. The highest BCUT2D eigenvalue weighted by Crippen LogP contribution is 2.31. The van der Waals surface area contributed by atoms with Crippen molar-refractivity contribution in [2.24, 2.45) is 0 Å². The monoisotopic (exact) mass is 558 g/mol. The predicted molar refractivity (Wildman–Crippen MR) is 137 cm³/mol. The zero-order chi connectivity index (χ0) is 25.1. The van der Waals surface area contributed by atoms with Gasteiger partial charge in [0.05, 0.1) is 4.47 Å². The average molecular weight is 559 g/mol. The van der Waals surface area contributed by atoms with E-state index in [-0.39, 0.29) is 12.3 Å². The van der Waals surface area contributed by atoms with E-state index >= 15 is 0 Å². The van der Waals surface area contributed by atoms with Gasteiger partial charge in [-0.2, -0.15) is 4.98 Å². The summed E-state index contributed by atoms with van der Waals surface area (Å²) in [6.45, 7) is 2.06. The van der Waals surface area contributed by atoms with E-state index in [2.05, 4.69) is 63.7 Å². The molecule has 3 heterocycles. The first-order valence-corrected chi connectivity index (χ1v) is 12.0. The fraction of sp³-hybridized carbons (Fsp3) is 0.200. The molecule has 2 aromatic heterocycles. The van der Waals surface area contributed by atoms with Gasteiger partial charge < -0.3 is 25.7 Å². The molecule has 0 aliphatic carbocycles. The fourth-order valence-corrected chi connectivity index (χ4v) is 4.38. The second-order valence-electron chi connectivity index (χ2n) is 8.21. The molecular formula is C25H22BrF3N6O. The normalized spacial score (nSPS) is 13.9. The van der Waals surface area contributed by atoms with Crippen molar-refractivity contribution in [1.82, 2.24) is 20.3 Å². The number of nitrogens with zero attached hydrogens (tertiary/aromatic N) is 2. The van der Waals surface area contributed by atoms with E-state index in [0.717, 1.165) is 36.1 Å². The number of H-pyrrole nitrogens is 1. The van der Waals surface area contributed by atoms with Gasteiger partial charge in [-0.3, -0.25) is 0 Å². The molecule has 4 aromatic rings. The van der Waals surface area contributed by atoms with Gasteiger partial charge in [0, 0.05) is 47.6 Å². The summed E-state index contributed by atoms with van der Waals surface area (Å²) in [5.74, 6) is 0.607. The van der Waals surface area contributed by atoms with Crippen molar-refractivity contribution in [2.75, 3.05) is 23.7 Å². The molecule has 5 rings (SSSR count). The number of rotatable bonds is 7. The lowest BCUT2D eigenvalue weighted by atomic mass is 9.99. The Labute approximate surface area is 213 Å². The fourth-order valence-electron chi connectivity index (χ4n) is 4.05. The van der Waals surface area contributed by atoms with E-state index in [0.29, 0.717) is 21.8 Å². The van der Waals surface area contributed by atoms with Crippen molar-refractivity contribution in [3.63, 3.8) is 0 Å². The molecule has 4 N–H and O–H groups in total. The minimum atomic E-state index is -4.74. The number of aromatic amines is 1. The molecule has 186 valence electrons. The molecule has 1 aliphatic rings. The molecule has 0 unspecified atom stereocenters. The van der Waals surface area contributed by atoms with Crippen molar-refractivity contribution in [2.45, 2.75) is 19.3 Å². The Kier molecular flexibility index (Phi) is 6.84. The summed E-state index contributed by atoms with van der Waals surface area (Å²) in [4.78, 5) is 12.2. The van der Waals surface area contributed by atoms with Crippen LogP contribution in [0.25, 0.3) is 16.5 Å². The van der Waals surface area contributed by atoms with Crippen molar-refractivity contribution in [3.8, 4) is 5.75 Å². The minimum absolute atomic E-state index is 0.243. The number of anilines is 3. The Bertz CT molecular complexity index is 1420. The van der Waals surface area contributed by atoms with Crippen LogP contribution in [0.5, 0.6) is 5.75 Å². The molecular weight excluding hydrogens is 537 g/mol. The number of hydrogen-bond donors (Lipinski definition) is 4. The lowest BCUT2D eigenvalue weighted by Crippen LogP contribution is -2.19. The first-order chi connectivity index (χ1) is 17.3. The molecule has 1 aliphatic heterocycles. The van der Waals surface area contributed by atoms with Gasteiger partial charge in [-0.15, -0.1) is 13.2 Å². The first kappa shape index (κ1) is 24.1. The highest BCUT2D eigenvalue weighted by Gasteiger charge is 2.31. The molecule has 0 saturated heterocycles. The molecule has 2 aromatic carbocycles. The van der Waals surface area contributed by atoms with Crippen molar-refractivity contribution in [3.05, 3.63) is 76.5 Å². The second kappa shape index (κ2) is 10.2. The SMILES string of the molecule is FC(F)(F)Oc1cccc(CNc2nc(Nc3ccc4[nH]cc(C5=CCNCC5)c4c3)ncc2Br)c1. The summed E-state index contributed by atoms with van der Waals surface area (Å²) >= 11 is 3.42. The number of fused-ring (bicyclic) bond motifs is 1. The van der Waals surface area contributed by atoms with Crippen molar-refractivity contribution in [1.29, 1.82) is 0 Å². The van der Waals surface area contributed by atoms with Crippen LogP contribution in [0, 0.1) is 0 Å².